The van der Waals surface area contributed by atoms with Crippen LogP contribution < -0.4 is 21.5 Å². The average Bonchev–Trinajstić information content (AvgIpc) is 3.41. The van der Waals surface area contributed by atoms with Crippen LogP contribution in [-0.4, -0.2) is 47.8 Å². The highest BCUT2D eigenvalue weighted by molar-refractivity contribution is 5.60. The van der Waals surface area contributed by atoms with E-state index in [-0.39, 0.29) is 17.3 Å². The summed E-state index contributed by atoms with van der Waals surface area (Å²) in [4.78, 5) is 26.3. The molecule has 0 amide bonds. The van der Waals surface area contributed by atoms with Gasteiger partial charge in [0.1, 0.15) is 5.82 Å². The van der Waals surface area contributed by atoms with E-state index in [0.717, 1.165) is 40.9 Å². The molecule has 3 aromatic rings. The molecular weight excluding hydrogens is 372 g/mol. The van der Waals surface area contributed by atoms with Gasteiger partial charge in [-0.3, -0.25) is 23.3 Å². The lowest BCUT2D eigenvalue weighted by Crippen LogP contribution is -2.40. The smallest absolute Gasteiger partial charge is 0.332 e. The predicted molar refractivity (Wildman–Crippen MR) is 110 cm³/mol. The molecule has 1 fully saturated rings. The fraction of sp³-hybridized carbons (Fsp3) is 0.474. The van der Waals surface area contributed by atoms with Gasteiger partial charge in [-0.25, -0.2) is 4.79 Å². The molecule has 0 aromatic carbocycles. The lowest BCUT2D eigenvalue weighted by molar-refractivity contribution is 0.550. The van der Waals surface area contributed by atoms with E-state index >= 15 is 0 Å². The number of hydrogen-bond donors (Lipinski definition) is 1. The molecule has 0 aliphatic carbocycles. The maximum absolute atomic E-state index is 12.2. The van der Waals surface area contributed by atoms with Crippen molar-refractivity contribution >= 4 is 5.82 Å². The number of hydrogen-bond acceptors (Lipinski definition) is 6. The second kappa shape index (κ2) is 7.36. The lowest BCUT2D eigenvalue weighted by atomic mass is 10.1. The summed E-state index contributed by atoms with van der Waals surface area (Å²) in [6.07, 6.45) is 6.73. The van der Waals surface area contributed by atoms with Gasteiger partial charge >= 0.3 is 5.69 Å². The van der Waals surface area contributed by atoms with Gasteiger partial charge < -0.3 is 10.2 Å². The number of nitrogens with zero attached hydrogens (tertiary/aromatic N) is 7. The van der Waals surface area contributed by atoms with E-state index in [2.05, 4.69) is 20.4 Å². The maximum atomic E-state index is 12.2. The van der Waals surface area contributed by atoms with Gasteiger partial charge in [0.05, 0.1) is 11.9 Å². The quantitative estimate of drug-likeness (QED) is 0.628. The summed E-state index contributed by atoms with van der Waals surface area (Å²) in [6.45, 7) is 2.22. The van der Waals surface area contributed by atoms with Crippen LogP contribution in [0.4, 0.5) is 5.82 Å². The Bertz CT molecular complexity index is 1150. The van der Waals surface area contributed by atoms with Crippen molar-refractivity contribution in [3.8, 4) is 11.3 Å². The van der Waals surface area contributed by atoms with E-state index in [0.29, 0.717) is 12.4 Å². The highest BCUT2D eigenvalue weighted by atomic mass is 16.2. The zero-order valence-corrected chi connectivity index (χ0v) is 17.2. The van der Waals surface area contributed by atoms with Crippen molar-refractivity contribution in [3.05, 3.63) is 51.1 Å². The van der Waals surface area contributed by atoms with Crippen molar-refractivity contribution < 1.29 is 0 Å². The summed E-state index contributed by atoms with van der Waals surface area (Å²) in [5.41, 5.74) is 2.45. The molecule has 1 atom stereocenters. The highest BCUT2D eigenvalue weighted by Gasteiger charge is 2.25. The van der Waals surface area contributed by atoms with Crippen molar-refractivity contribution in [2.45, 2.75) is 19.0 Å². The normalized spacial score (nSPS) is 16.7. The van der Waals surface area contributed by atoms with Gasteiger partial charge in [0, 0.05) is 83.5 Å². The van der Waals surface area contributed by atoms with Gasteiger partial charge in [0.25, 0.3) is 5.56 Å². The van der Waals surface area contributed by atoms with Crippen molar-refractivity contribution in [3.63, 3.8) is 0 Å². The van der Waals surface area contributed by atoms with Crippen molar-refractivity contribution in [2.24, 2.45) is 28.2 Å². The highest BCUT2D eigenvalue weighted by Crippen LogP contribution is 2.22. The van der Waals surface area contributed by atoms with Crippen LogP contribution in [0.2, 0.25) is 0 Å². The third-order valence-electron chi connectivity index (χ3n) is 5.48. The van der Waals surface area contributed by atoms with Crippen LogP contribution in [0.15, 0.2) is 34.2 Å². The Morgan fingerprint density at radius 1 is 1.10 bits per heavy atom. The molecule has 0 radical (unpaired) electrons. The second-order valence-electron chi connectivity index (χ2n) is 7.63. The minimum absolute atomic E-state index is 0.260. The Kier molecular flexibility index (Phi) is 4.87. The zero-order chi connectivity index (χ0) is 20.7. The van der Waals surface area contributed by atoms with E-state index in [4.69, 9.17) is 0 Å². The molecule has 10 nitrogen and oxygen atoms in total. The third-order valence-corrected chi connectivity index (χ3v) is 5.48. The van der Waals surface area contributed by atoms with Crippen LogP contribution in [0.5, 0.6) is 0 Å². The fourth-order valence-electron chi connectivity index (χ4n) is 3.87. The monoisotopic (exact) mass is 398 g/mol. The van der Waals surface area contributed by atoms with Gasteiger partial charge in [-0.05, 0) is 6.42 Å². The third kappa shape index (κ3) is 3.63. The summed E-state index contributed by atoms with van der Waals surface area (Å²) in [6, 6.07) is 1.79. The number of nitrogens with one attached hydrogen (secondary N) is 1. The van der Waals surface area contributed by atoms with E-state index < -0.39 is 0 Å². The summed E-state index contributed by atoms with van der Waals surface area (Å²) in [7, 11) is 7.00. The van der Waals surface area contributed by atoms with E-state index in [1.165, 1.54) is 17.7 Å². The first-order valence-electron chi connectivity index (χ1n) is 9.60. The van der Waals surface area contributed by atoms with Crippen LogP contribution in [0.25, 0.3) is 11.3 Å². The first-order valence-corrected chi connectivity index (χ1v) is 9.60. The van der Waals surface area contributed by atoms with Crippen molar-refractivity contribution in [2.75, 3.05) is 18.0 Å². The first-order chi connectivity index (χ1) is 13.8. The molecule has 1 N–H and O–H groups in total. The molecular formula is C19H26N8O2. The topological polar surface area (TPSA) is 94.9 Å². The van der Waals surface area contributed by atoms with Crippen molar-refractivity contribution in [1.29, 1.82) is 0 Å². The minimum atomic E-state index is -0.305. The molecule has 0 saturated carbocycles. The van der Waals surface area contributed by atoms with Crippen LogP contribution in [0.1, 0.15) is 12.0 Å². The summed E-state index contributed by atoms with van der Waals surface area (Å²) in [5, 5.41) is 12.4. The minimum Gasteiger partial charge on any atom is -0.356 e. The molecule has 4 rings (SSSR count). The van der Waals surface area contributed by atoms with Gasteiger partial charge in [0.2, 0.25) is 0 Å². The Morgan fingerprint density at radius 2 is 1.90 bits per heavy atom. The standard InChI is InChI=1S/C19H26N8O2/c1-23-10-14(9-21-23)18-13(11-24(2)22-18)8-20-15-5-6-27(12-15)16-7-17(28)26(4)19(29)25(16)3/h7,9-11,15,20H,5-6,8,12H2,1-4H3/t15-/m1/s1. The summed E-state index contributed by atoms with van der Waals surface area (Å²) >= 11 is 0. The molecule has 3 aromatic heterocycles. The lowest BCUT2D eigenvalue weighted by Gasteiger charge is -2.21. The number of aromatic nitrogens is 6. The molecule has 10 heteroatoms. The van der Waals surface area contributed by atoms with Gasteiger partial charge in [-0.2, -0.15) is 10.2 Å². The van der Waals surface area contributed by atoms with Crippen LogP contribution >= 0.6 is 0 Å². The Labute approximate surface area is 168 Å². The molecule has 1 aliphatic rings. The Balaban J connectivity index is 1.46. The average molecular weight is 398 g/mol. The number of rotatable bonds is 5. The molecule has 0 unspecified atom stereocenters. The SMILES string of the molecule is Cn1cc(-c2nn(C)cc2CN[C@@H]2CCN(c3cc(=O)n(C)c(=O)n3C)C2)cn1. The van der Waals surface area contributed by atoms with Crippen molar-refractivity contribution in [1.82, 2.24) is 34.0 Å². The zero-order valence-electron chi connectivity index (χ0n) is 17.2. The van der Waals surface area contributed by atoms with Crippen LogP contribution in [0, 0.1) is 0 Å². The Morgan fingerprint density at radius 3 is 2.62 bits per heavy atom. The van der Waals surface area contributed by atoms with Crippen LogP contribution in [-0.2, 0) is 34.7 Å². The largest absolute Gasteiger partial charge is 0.356 e. The molecule has 154 valence electrons. The fourth-order valence-corrected chi connectivity index (χ4v) is 3.87. The van der Waals surface area contributed by atoms with Gasteiger partial charge in [0.15, 0.2) is 0 Å². The molecule has 4 heterocycles. The van der Waals surface area contributed by atoms with E-state index in [9.17, 15) is 9.59 Å². The number of aryl methyl sites for hydroxylation is 2. The maximum Gasteiger partial charge on any atom is 0.332 e. The Hall–Kier alpha value is -3.14. The predicted octanol–water partition coefficient (Wildman–Crippen LogP) is -0.413. The van der Waals surface area contributed by atoms with Crippen LogP contribution in [0.3, 0.4) is 0 Å². The molecule has 0 bridgehead atoms. The summed E-state index contributed by atoms with van der Waals surface area (Å²) < 4.78 is 6.24. The molecule has 29 heavy (non-hydrogen) atoms. The molecule has 0 spiro atoms. The first kappa shape index (κ1) is 19.2. The number of anilines is 1. The van der Waals surface area contributed by atoms with Gasteiger partial charge in [-0.1, -0.05) is 0 Å². The van der Waals surface area contributed by atoms with E-state index in [1.807, 2.05) is 37.4 Å². The molecule has 1 saturated heterocycles. The van der Waals surface area contributed by atoms with Gasteiger partial charge in [-0.15, -0.1) is 0 Å². The summed E-state index contributed by atoms with van der Waals surface area (Å²) in [5.74, 6) is 0.667. The second-order valence-corrected chi connectivity index (χ2v) is 7.63. The molecule has 1 aliphatic heterocycles. The van der Waals surface area contributed by atoms with E-state index in [1.54, 1.807) is 11.7 Å².